The van der Waals surface area contributed by atoms with Crippen molar-refractivity contribution in [1.82, 2.24) is 9.97 Å². The number of nitrogens with zero attached hydrogens (tertiary/aromatic N) is 1. The van der Waals surface area contributed by atoms with Crippen molar-refractivity contribution in [2.45, 2.75) is 37.8 Å². The number of anilines is 2. The monoisotopic (exact) mass is 406 g/mol. The van der Waals surface area contributed by atoms with Gasteiger partial charge in [0.1, 0.15) is 5.82 Å². The van der Waals surface area contributed by atoms with Crippen LogP contribution in [-0.2, 0) is 9.59 Å². The summed E-state index contributed by atoms with van der Waals surface area (Å²) in [6, 6.07) is 5.14. The summed E-state index contributed by atoms with van der Waals surface area (Å²) in [6.45, 7) is 3.85. The molecule has 27 heavy (non-hydrogen) atoms. The summed E-state index contributed by atoms with van der Waals surface area (Å²) in [5.41, 5.74) is 1.13. The van der Waals surface area contributed by atoms with Gasteiger partial charge in [0.25, 0.3) is 5.56 Å². The highest BCUT2D eigenvalue weighted by Crippen LogP contribution is 2.31. The third-order valence-electron chi connectivity index (χ3n) is 4.15. The molecule has 0 spiro atoms. The van der Waals surface area contributed by atoms with E-state index in [1.165, 1.54) is 11.8 Å². The molecule has 9 heteroatoms. The van der Waals surface area contributed by atoms with E-state index in [4.69, 9.17) is 11.6 Å². The first-order chi connectivity index (χ1) is 12.9. The summed E-state index contributed by atoms with van der Waals surface area (Å²) in [6.07, 6.45) is 0.798. The predicted molar refractivity (Wildman–Crippen MR) is 107 cm³/mol. The molecule has 0 saturated heterocycles. The van der Waals surface area contributed by atoms with Crippen molar-refractivity contribution in [1.29, 1.82) is 0 Å². The number of fused-ring (bicyclic) bond motifs is 1. The Morgan fingerprint density at radius 1 is 1.41 bits per heavy atom. The number of aromatic nitrogens is 2. The first-order valence-electron chi connectivity index (χ1n) is 8.53. The SMILES string of the molecule is CCCSc1nc2c(c(=O)[nH]1)C(C(=O)Nc1cc(Cl)ccc1C)CC(=O)N2. The standard InChI is InChI=1S/C18H19ClN4O3S/c1-3-6-27-18-22-15-14(17(26)23-18)11(8-13(24)21-15)16(25)20-12-7-10(19)5-4-9(12)2/h4-5,7,11H,3,6,8H2,1-2H3,(H,20,25)(H2,21,22,23,24,26). The molecule has 3 rings (SSSR count). The van der Waals surface area contributed by atoms with Crippen LogP contribution in [0.5, 0.6) is 0 Å². The number of H-pyrrole nitrogens is 1. The molecule has 2 heterocycles. The van der Waals surface area contributed by atoms with E-state index in [9.17, 15) is 14.4 Å². The zero-order valence-corrected chi connectivity index (χ0v) is 16.5. The lowest BCUT2D eigenvalue weighted by atomic mass is 9.92. The van der Waals surface area contributed by atoms with E-state index in [0.29, 0.717) is 15.9 Å². The molecule has 3 N–H and O–H groups in total. The summed E-state index contributed by atoms with van der Waals surface area (Å²) < 4.78 is 0. The lowest BCUT2D eigenvalue weighted by Gasteiger charge is -2.23. The van der Waals surface area contributed by atoms with Crippen LogP contribution < -0.4 is 16.2 Å². The van der Waals surface area contributed by atoms with Crippen LogP contribution in [0.1, 0.15) is 36.8 Å². The maximum absolute atomic E-state index is 12.8. The Morgan fingerprint density at radius 3 is 2.93 bits per heavy atom. The number of aryl methyl sites for hydroxylation is 1. The molecule has 7 nitrogen and oxygen atoms in total. The van der Waals surface area contributed by atoms with Gasteiger partial charge < -0.3 is 15.6 Å². The number of carbonyl (C=O) groups excluding carboxylic acids is 2. The lowest BCUT2D eigenvalue weighted by molar-refractivity contribution is -0.123. The molecule has 142 valence electrons. The molecule has 1 unspecified atom stereocenters. The number of aromatic amines is 1. The minimum Gasteiger partial charge on any atom is -0.325 e. The second kappa shape index (κ2) is 8.14. The number of halogens is 1. The second-order valence-electron chi connectivity index (χ2n) is 6.24. The fourth-order valence-corrected chi connectivity index (χ4v) is 3.68. The third-order valence-corrected chi connectivity index (χ3v) is 5.46. The van der Waals surface area contributed by atoms with E-state index < -0.39 is 17.4 Å². The fourth-order valence-electron chi connectivity index (χ4n) is 2.79. The van der Waals surface area contributed by atoms with Gasteiger partial charge >= 0.3 is 0 Å². The van der Waals surface area contributed by atoms with Crippen LogP contribution in [-0.4, -0.2) is 27.5 Å². The smallest absolute Gasteiger partial charge is 0.257 e. The predicted octanol–water partition coefficient (Wildman–Crippen LogP) is 3.30. The van der Waals surface area contributed by atoms with Crippen LogP contribution in [0.25, 0.3) is 0 Å². The lowest BCUT2D eigenvalue weighted by Crippen LogP contribution is -2.36. The molecule has 1 aliphatic heterocycles. The summed E-state index contributed by atoms with van der Waals surface area (Å²) in [4.78, 5) is 44.5. The van der Waals surface area contributed by atoms with Crippen LogP contribution in [0, 0.1) is 6.92 Å². The Bertz CT molecular complexity index is 960. The Labute approximate surface area is 165 Å². The Morgan fingerprint density at radius 2 is 2.19 bits per heavy atom. The molecule has 0 fully saturated rings. The van der Waals surface area contributed by atoms with Crippen molar-refractivity contribution in [3.8, 4) is 0 Å². The van der Waals surface area contributed by atoms with Crippen LogP contribution in [0.15, 0.2) is 28.2 Å². The van der Waals surface area contributed by atoms with Gasteiger partial charge in [-0.15, -0.1) is 0 Å². The Hall–Kier alpha value is -2.32. The molecule has 1 aromatic heterocycles. The number of carbonyl (C=O) groups is 2. The van der Waals surface area contributed by atoms with Crippen LogP contribution >= 0.6 is 23.4 Å². The molecule has 1 aromatic carbocycles. The number of nitrogens with one attached hydrogen (secondary N) is 3. The normalized spacial score (nSPS) is 15.8. The molecule has 0 bridgehead atoms. The van der Waals surface area contributed by atoms with Gasteiger partial charge in [-0.2, -0.15) is 0 Å². The number of rotatable bonds is 5. The Kier molecular flexibility index (Phi) is 5.86. The molecular weight excluding hydrogens is 388 g/mol. The molecule has 2 amide bonds. The first kappa shape index (κ1) is 19.4. The average Bonchev–Trinajstić information content (AvgIpc) is 2.61. The van der Waals surface area contributed by atoms with E-state index in [1.54, 1.807) is 18.2 Å². The van der Waals surface area contributed by atoms with Gasteiger partial charge in [0.15, 0.2) is 5.16 Å². The van der Waals surface area contributed by atoms with Gasteiger partial charge in [0, 0.05) is 22.9 Å². The van der Waals surface area contributed by atoms with Crippen molar-refractivity contribution in [2.24, 2.45) is 0 Å². The molecule has 0 aliphatic carbocycles. The second-order valence-corrected chi connectivity index (χ2v) is 7.76. The van der Waals surface area contributed by atoms with E-state index in [1.807, 2.05) is 13.8 Å². The number of thioether (sulfide) groups is 1. The summed E-state index contributed by atoms with van der Waals surface area (Å²) in [5.74, 6) is -0.786. The molecule has 0 radical (unpaired) electrons. The van der Waals surface area contributed by atoms with Crippen molar-refractivity contribution in [3.05, 3.63) is 44.7 Å². The number of hydrogen-bond donors (Lipinski definition) is 3. The number of benzene rings is 1. The highest BCUT2D eigenvalue weighted by atomic mass is 35.5. The topological polar surface area (TPSA) is 104 Å². The van der Waals surface area contributed by atoms with Gasteiger partial charge in [-0.25, -0.2) is 4.98 Å². The molecule has 1 aliphatic rings. The third kappa shape index (κ3) is 4.33. The van der Waals surface area contributed by atoms with E-state index in [2.05, 4.69) is 20.6 Å². The number of hydrogen-bond acceptors (Lipinski definition) is 5. The van der Waals surface area contributed by atoms with Gasteiger partial charge in [-0.05, 0) is 31.0 Å². The molecular formula is C18H19ClN4O3S. The molecule has 0 saturated carbocycles. The summed E-state index contributed by atoms with van der Waals surface area (Å²) in [7, 11) is 0. The molecule has 1 atom stereocenters. The summed E-state index contributed by atoms with van der Waals surface area (Å²) in [5, 5.41) is 6.28. The van der Waals surface area contributed by atoms with Crippen molar-refractivity contribution in [3.63, 3.8) is 0 Å². The average molecular weight is 407 g/mol. The van der Waals surface area contributed by atoms with Crippen LogP contribution in [0.4, 0.5) is 11.5 Å². The fraction of sp³-hybridized carbons (Fsp3) is 0.333. The van der Waals surface area contributed by atoms with E-state index >= 15 is 0 Å². The van der Waals surface area contributed by atoms with Crippen molar-refractivity contribution < 1.29 is 9.59 Å². The zero-order valence-electron chi connectivity index (χ0n) is 14.9. The van der Waals surface area contributed by atoms with Crippen molar-refractivity contribution >= 4 is 46.7 Å². The highest BCUT2D eigenvalue weighted by Gasteiger charge is 2.34. The largest absolute Gasteiger partial charge is 0.325 e. The zero-order chi connectivity index (χ0) is 19.6. The highest BCUT2D eigenvalue weighted by molar-refractivity contribution is 7.99. The van der Waals surface area contributed by atoms with Gasteiger partial charge in [-0.3, -0.25) is 14.4 Å². The maximum Gasteiger partial charge on any atom is 0.257 e. The summed E-state index contributed by atoms with van der Waals surface area (Å²) >= 11 is 7.38. The minimum atomic E-state index is -0.923. The first-order valence-corrected chi connectivity index (χ1v) is 9.89. The van der Waals surface area contributed by atoms with E-state index in [-0.39, 0.29) is 23.7 Å². The Balaban J connectivity index is 1.93. The van der Waals surface area contributed by atoms with Crippen LogP contribution in [0.2, 0.25) is 5.02 Å². The van der Waals surface area contributed by atoms with Crippen molar-refractivity contribution in [2.75, 3.05) is 16.4 Å². The van der Waals surface area contributed by atoms with Gasteiger partial charge in [0.2, 0.25) is 11.8 Å². The molecule has 2 aromatic rings. The quantitative estimate of drug-likeness (QED) is 0.522. The minimum absolute atomic E-state index is 0.120. The maximum atomic E-state index is 12.8. The van der Waals surface area contributed by atoms with Gasteiger partial charge in [-0.1, -0.05) is 36.4 Å². The van der Waals surface area contributed by atoms with Gasteiger partial charge in [0.05, 0.1) is 11.5 Å². The van der Waals surface area contributed by atoms with Crippen LogP contribution in [0.3, 0.4) is 0 Å². The van der Waals surface area contributed by atoms with E-state index in [0.717, 1.165) is 17.7 Å². The number of amides is 2.